The Balaban J connectivity index is 1.76. The SMILES string of the molecule is CCc1ccc2nc(SCC(=O)N3CCC[C@H](C)C3)c(C#N)cc2c1. The topological polar surface area (TPSA) is 57.0 Å². The molecule has 1 aliphatic rings. The van der Waals surface area contributed by atoms with Gasteiger partial charge in [-0.05, 0) is 48.9 Å². The minimum atomic E-state index is 0.142. The molecule has 2 heterocycles. The standard InChI is InChI=1S/C20H23N3OS/c1-3-15-6-7-18-16(9-15)10-17(11-21)20(22-18)25-13-19(24)23-8-4-5-14(2)12-23/h6-7,9-10,14H,3-5,8,12-13H2,1-2H3/t14-/m0/s1. The summed E-state index contributed by atoms with van der Waals surface area (Å²) in [5.41, 5.74) is 2.65. The van der Waals surface area contributed by atoms with Crippen molar-refractivity contribution in [2.45, 2.75) is 38.1 Å². The second-order valence-corrected chi connectivity index (χ2v) is 7.67. The van der Waals surface area contributed by atoms with Crippen molar-refractivity contribution in [3.63, 3.8) is 0 Å². The van der Waals surface area contributed by atoms with Crippen LogP contribution in [0.4, 0.5) is 0 Å². The molecule has 4 nitrogen and oxygen atoms in total. The van der Waals surface area contributed by atoms with E-state index in [1.54, 1.807) is 0 Å². The van der Waals surface area contributed by atoms with Gasteiger partial charge in [-0.25, -0.2) is 4.98 Å². The molecule has 0 unspecified atom stereocenters. The number of carbonyl (C=O) groups is 1. The van der Waals surface area contributed by atoms with E-state index in [1.165, 1.54) is 23.7 Å². The average molecular weight is 353 g/mol. The quantitative estimate of drug-likeness (QED) is 0.779. The largest absolute Gasteiger partial charge is 0.342 e. The average Bonchev–Trinajstić information content (AvgIpc) is 2.64. The van der Waals surface area contributed by atoms with Gasteiger partial charge in [-0.15, -0.1) is 0 Å². The third-order valence-corrected chi connectivity index (χ3v) is 5.69. The molecular formula is C20H23N3OS. The van der Waals surface area contributed by atoms with Gasteiger partial charge in [0.1, 0.15) is 11.1 Å². The Morgan fingerprint density at radius 2 is 2.28 bits per heavy atom. The highest BCUT2D eigenvalue weighted by Crippen LogP contribution is 2.26. The van der Waals surface area contributed by atoms with Crippen molar-refractivity contribution in [1.29, 1.82) is 5.26 Å². The first kappa shape index (κ1) is 17.8. The van der Waals surface area contributed by atoms with Crippen LogP contribution in [-0.4, -0.2) is 34.6 Å². The van der Waals surface area contributed by atoms with Crippen LogP contribution >= 0.6 is 11.8 Å². The van der Waals surface area contributed by atoms with Crippen molar-refractivity contribution in [3.05, 3.63) is 35.4 Å². The second kappa shape index (κ2) is 7.88. The molecule has 3 rings (SSSR count). The summed E-state index contributed by atoms with van der Waals surface area (Å²) in [4.78, 5) is 19.0. The molecule has 0 aliphatic carbocycles. The highest BCUT2D eigenvalue weighted by molar-refractivity contribution is 8.00. The van der Waals surface area contributed by atoms with Crippen LogP contribution in [0.1, 0.15) is 37.8 Å². The Bertz CT molecular complexity index is 828. The van der Waals surface area contributed by atoms with Gasteiger partial charge in [0.15, 0.2) is 0 Å². The van der Waals surface area contributed by atoms with Crippen LogP contribution in [0.15, 0.2) is 29.3 Å². The number of rotatable bonds is 4. The Morgan fingerprint density at radius 1 is 1.44 bits per heavy atom. The molecule has 0 spiro atoms. The van der Waals surface area contributed by atoms with Crippen LogP contribution in [0.3, 0.4) is 0 Å². The Kier molecular flexibility index (Phi) is 5.60. The van der Waals surface area contributed by atoms with Crippen molar-refractivity contribution in [2.75, 3.05) is 18.8 Å². The summed E-state index contributed by atoms with van der Waals surface area (Å²) in [6.45, 7) is 5.99. The van der Waals surface area contributed by atoms with Crippen molar-refractivity contribution in [2.24, 2.45) is 5.92 Å². The fourth-order valence-corrected chi connectivity index (χ4v) is 4.12. The van der Waals surface area contributed by atoms with E-state index in [9.17, 15) is 10.1 Å². The fourth-order valence-electron chi connectivity index (χ4n) is 3.26. The van der Waals surface area contributed by atoms with Crippen LogP contribution in [-0.2, 0) is 11.2 Å². The minimum absolute atomic E-state index is 0.142. The number of aromatic nitrogens is 1. The van der Waals surface area contributed by atoms with Gasteiger partial charge in [0.25, 0.3) is 0 Å². The Morgan fingerprint density at radius 3 is 3.00 bits per heavy atom. The van der Waals surface area contributed by atoms with Gasteiger partial charge < -0.3 is 4.90 Å². The van der Waals surface area contributed by atoms with Crippen LogP contribution in [0.5, 0.6) is 0 Å². The van der Waals surface area contributed by atoms with Crippen LogP contribution in [0.25, 0.3) is 10.9 Å². The lowest BCUT2D eigenvalue weighted by Crippen LogP contribution is -2.40. The molecule has 0 radical (unpaired) electrons. The van der Waals surface area contributed by atoms with E-state index in [4.69, 9.17) is 0 Å². The lowest BCUT2D eigenvalue weighted by molar-refractivity contribution is -0.130. The monoisotopic (exact) mass is 353 g/mol. The molecule has 0 saturated carbocycles. The van der Waals surface area contributed by atoms with Crippen LogP contribution < -0.4 is 0 Å². The molecule has 25 heavy (non-hydrogen) atoms. The van der Waals surface area contributed by atoms with Gasteiger partial charge in [0, 0.05) is 18.5 Å². The lowest BCUT2D eigenvalue weighted by atomic mass is 10.0. The summed E-state index contributed by atoms with van der Waals surface area (Å²) in [5, 5.41) is 11.1. The summed E-state index contributed by atoms with van der Waals surface area (Å²) in [6.07, 6.45) is 3.23. The van der Waals surface area contributed by atoms with E-state index in [0.29, 0.717) is 22.3 Å². The van der Waals surface area contributed by atoms with Crippen molar-refractivity contribution in [1.82, 2.24) is 9.88 Å². The summed E-state index contributed by atoms with van der Waals surface area (Å²) >= 11 is 1.37. The molecule has 1 amide bonds. The zero-order valence-corrected chi connectivity index (χ0v) is 15.6. The molecule has 130 valence electrons. The molecule has 1 fully saturated rings. The molecule has 1 aromatic heterocycles. The first-order valence-electron chi connectivity index (χ1n) is 8.85. The summed E-state index contributed by atoms with van der Waals surface area (Å²) in [5.74, 6) is 1.06. The molecule has 5 heteroatoms. The zero-order chi connectivity index (χ0) is 17.8. The third-order valence-electron chi connectivity index (χ3n) is 4.71. The number of fused-ring (bicyclic) bond motifs is 1. The summed E-state index contributed by atoms with van der Waals surface area (Å²) in [6, 6.07) is 10.3. The first-order chi connectivity index (χ1) is 12.1. The number of benzene rings is 1. The number of nitriles is 1. The molecule has 1 atom stereocenters. The molecule has 1 saturated heterocycles. The van der Waals surface area contributed by atoms with E-state index >= 15 is 0 Å². The lowest BCUT2D eigenvalue weighted by Gasteiger charge is -2.30. The van der Waals surface area contributed by atoms with Crippen LogP contribution in [0.2, 0.25) is 0 Å². The Hall–Kier alpha value is -2.06. The van der Waals surface area contributed by atoms with E-state index in [0.717, 1.165) is 36.8 Å². The highest BCUT2D eigenvalue weighted by atomic mass is 32.2. The third kappa shape index (κ3) is 4.13. The van der Waals surface area contributed by atoms with Crippen molar-refractivity contribution >= 4 is 28.6 Å². The minimum Gasteiger partial charge on any atom is -0.342 e. The smallest absolute Gasteiger partial charge is 0.232 e. The molecule has 2 aromatic rings. The summed E-state index contributed by atoms with van der Waals surface area (Å²) in [7, 11) is 0. The van der Waals surface area contributed by atoms with E-state index in [-0.39, 0.29) is 5.91 Å². The second-order valence-electron chi connectivity index (χ2n) is 6.71. The first-order valence-corrected chi connectivity index (χ1v) is 9.83. The predicted octanol–water partition coefficient (Wildman–Crippen LogP) is 4.02. The molecule has 0 bridgehead atoms. The number of hydrogen-bond donors (Lipinski definition) is 0. The van der Waals surface area contributed by atoms with Gasteiger partial charge in [-0.3, -0.25) is 4.79 Å². The van der Waals surface area contributed by atoms with Gasteiger partial charge >= 0.3 is 0 Å². The number of piperidine rings is 1. The number of likely N-dealkylation sites (tertiary alicyclic amines) is 1. The number of aryl methyl sites for hydroxylation is 1. The number of carbonyl (C=O) groups excluding carboxylic acids is 1. The van der Waals surface area contributed by atoms with Gasteiger partial charge in [-0.2, -0.15) is 5.26 Å². The van der Waals surface area contributed by atoms with Gasteiger partial charge in [-0.1, -0.05) is 31.7 Å². The van der Waals surface area contributed by atoms with Gasteiger partial charge in [0.2, 0.25) is 5.91 Å². The van der Waals surface area contributed by atoms with E-state index in [2.05, 4.69) is 37.0 Å². The maximum absolute atomic E-state index is 12.5. The van der Waals surface area contributed by atoms with Crippen molar-refractivity contribution < 1.29 is 4.79 Å². The molecular weight excluding hydrogens is 330 g/mol. The normalized spacial score (nSPS) is 17.5. The molecule has 0 N–H and O–H groups in total. The fraction of sp³-hybridized carbons (Fsp3) is 0.450. The van der Waals surface area contributed by atoms with E-state index < -0.39 is 0 Å². The maximum atomic E-state index is 12.5. The van der Waals surface area contributed by atoms with Crippen LogP contribution in [0, 0.1) is 17.2 Å². The van der Waals surface area contributed by atoms with Crippen molar-refractivity contribution in [3.8, 4) is 6.07 Å². The number of thioether (sulfide) groups is 1. The summed E-state index contributed by atoms with van der Waals surface area (Å²) < 4.78 is 0. The Labute approximate surface area is 153 Å². The number of amides is 1. The predicted molar refractivity (Wildman–Crippen MR) is 102 cm³/mol. The van der Waals surface area contributed by atoms with E-state index in [1.807, 2.05) is 17.0 Å². The molecule has 1 aromatic carbocycles. The van der Waals surface area contributed by atoms with Gasteiger partial charge in [0.05, 0.1) is 16.8 Å². The maximum Gasteiger partial charge on any atom is 0.232 e. The highest BCUT2D eigenvalue weighted by Gasteiger charge is 2.21. The number of hydrogen-bond acceptors (Lipinski definition) is 4. The number of pyridine rings is 1. The molecule has 1 aliphatic heterocycles. The number of nitrogens with zero attached hydrogens (tertiary/aromatic N) is 3. The zero-order valence-electron chi connectivity index (χ0n) is 14.8.